The highest BCUT2D eigenvalue weighted by atomic mass is 16.7. The lowest BCUT2D eigenvalue weighted by molar-refractivity contribution is -0.277. The van der Waals surface area contributed by atoms with Gasteiger partial charge in [-0.05, 0) is 31.0 Å². The standard InChI is InChI=1S/C17H22O8/c1-7-3-4-10(12-9(7)5-8(2)23-16(12)22)24-17-15(21)14(20)13(19)11(6-18)25-17/h3-4,8,11,13-15,17-21H,5-6H2,1-2H3/t8?,11-,13-,14+,15-,17+/m1/s1. The molecular weight excluding hydrogens is 332 g/mol. The van der Waals surface area contributed by atoms with Gasteiger partial charge in [-0.2, -0.15) is 0 Å². The molecule has 0 aromatic heterocycles. The molecule has 1 aromatic carbocycles. The van der Waals surface area contributed by atoms with E-state index in [4.69, 9.17) is 14.2 Å². The van der Waals surface area contributed by atoms with Gasteiger partial charge in [0, 0.05) is 6.42 Å². The SMILES string of the molecule is Cc1ccc(O[C@H]2O[C@H](CO)[C@@H](O)[C@H](O)[C@H]2O)c2c1CC(C)OC2=O. The first kappa shape index (κ1) is 18.1. The molecule has 4 N–H and O–H groups in total. The van der Waals surface area contributed by atoms with Crippen molar-refractivity contribution >= 4 is 5.97 Å². The third kappa shape index (κ3) is 3.23. The van der Waals surface area contributed by atoms with E-state index in [9.17, 15) is 25.2 Å². The zero-order valence-electron chi connectivity index (χ0n) is 14.0. The van der Waals surface area contributed by atoms with Crippen LogP contribution in [-0.2, 0) is 15.9 Å². The minimum Gasteiger partial charge on any atom is -0.461 e. The summed E-state index contributed by atoms with van der Waals surface area (Å²) < 4.78 is 16.2. The van der Waals surface area contributed by atoms with Crippen LogP contribution in [0.1, 0.15) is 28.4 Å². The number of carbonyl (C=O) groups is 1. The second-order valence-electron chi connectivity index (χ2n) is 6.47. The Balaban J connectivity index is 1.91. The van der Waals surface area contributed by atoms with Crippen LogP contribution in [0.5, 0.6) is 5.75 Å². The van der Waals surface area contributed by atoms with E-state index in [1.54, 1.807) is 19.1 Å². The number of fused-ring (bicyclic) bond motifs is 1. The fourth-order valence-electron chi connectivity index (χ4n) is 3.18. The summed E-state index contributed by atoms with van der Waals surface area (Å²) in [5.41, 5.74) is 1.97. The predicted molar refractivity (Wildman–Crippen MR) is 84.2 cm³/mol. The molecule has 2 aliphatic heterocycles. The molecule has 8 heteroatoms. The fourth-order valence-corrected chi connectivity index (χ4v) is 3.18. The lowest BCUT2D eigenvalue weighted by Crippen LogP contribution is -2.60. The van der Waals surface area contributed by atoms with E-state index in [0.29, 0.717) is 6.42 Å². The first-order chi connectivity index (χ1) is 11.8. The zero-order valence-corrected chi connectivity index (χ0v) is 14.0. The highest BCUT2D eigenvalue weighted by Gasteiger charge is 2.45. The Hall–Kier alpha value is -1.71. The highest BCUT2D eigenvalue weighted by molar-refractivity contribution is 5.95. The lowest BCUT2D eigenvalue weighted by Gasteiger charge is -2.40. The van der Waals surface area contributed by atoms with Crippen LogP contribution in [0.2, 0.25) is 0 Å². The van der Waals surface area contributed by atoms with Crippen molar-refractivity contribution in [3.63, 3.8) is 0 Å². The number of aliphatic hydroxyl groups excluding tert-OH is 4. The van der Waals surface area contributed by atoms with Crippen LogP contribution < -0.4 is 4.74 Å². The Kier molecular flexibility index (Phi) is 4.99. The molecule has 2 heterocycles. The molecule has 1 saturated heterocycles. The van der Waals surface area contributed by atoms with Gasteiger partial charge in [-0.1, -0.05) is 6.07 Å². The van der Waals surface area contributed by atoms with Gasteiger partial charge in [0.15, 0.2) is 0 Å². The molecule has 0 amide bonds. The number of aliphatic hydroxyl groups is 4. The number of carbonyl (C=O) groups excluding carboxylic acids is 1. The molecule has 0 aliphatic carbocycles. The largest absolute Gasteiger partial charge is 0.461 e. The highest BCUT2D eigenvalue weighted by Crippen LogP contribution is 2.33. The average molecular weight is 354 g/mol. The van der Waals surface area contributed by atoms with Gasteiger partial charge < -0.3 is 34.6 Å². The molecule has 0 spiro atoms. The number of ether oxygens (including phenoxy) is 3. The Morgan fingerprint density at radius 2 is 1.92 bits per heavy atom. The number of hydrogen-bond donors (Lipinski definition) is 4. The number of rotatable bonds is 3. The van der Waals surface area contributed by atoms with Crippen LogP contribution in [0, 0.1) is 6.92 Å². The van der Waals surface area contributed by atoms with E-state index in [-0.39, 0.29) is 17.4 Å². The topological polar surface area (TPSA) is 126 Å². The van der Waals surface area contributed by atoms with Crippen molar-refractivity contribution in [2.24, 2.45) is 0 Å². The number of aryl methyl sites for hydroxylation is 1. The second-order valence-corrected chi connectivity index (χ2v) is 6.47. The van der Waals surface area contributed by atoms with Gasteiger partial charge in [-0.15, -0.1) is 0 Å². The van der Waals surface area contributed by atoms with Gasteiger partial charge in [0.25, 0.3) is 0 Å². The lowest BCUT2D eigenvalue weighted by atomic mass is 9.94. The molecule has 6 atom stereocenters. The van der Waals surface area contributed by atoms with E-state index in [1.807, 2.05) is 6.92 Å². The summed E-state index contributed by atoms with van der Waals surface area (Å²) >= 11 is 0. The Morgan fingerprint density at radius 3 is 2.60 bits per heavy atom. The third-order valence-corrected chi connectivity index (χ3v) is 4.60. The van der Waals surface area contributed by atoms with Crippen LogP contribution in [0.3, 0.4) is 0 Å². The van der Waals surface area contributed by atoms with Crippen molar-refractivity contribution in [3.05, 3.63) is 28.8 Å². The summed E-state index contributed by atoms with van der Waals surface area (Å²) in [6.45, 7) is 3.11. The average Bonchev–Trinajstić information content (AvgIpc) is 2.57. The minimum absolute atomic E-state index is 0.154. The summed E-state index contributed by atoms with van der Waals surface area (Å²) in [6, 6.07) is 3.34. The fraction of sp³-hybridized carbons (Fsp3) is 0.588. The van der Waals surface area contributed by atoms with Crippen molar-refractivity contribution in [2.45, 2.75) is 57.1 Å². The van der Waals surface area contributed by atoms with Crippen LogP contribution >= 0.6 is 0 Å². The summed E-state index contributed by atoms with van der Waals surface area (Å²) in [7, 11) is 0. The minimum atomic E-state index is -1.55. The number of cyclic esters (lactones) is 1. The van der Waals surface area contributed by atoms with Crippen LogP contribution in [0.25, 0.3) is 0 Å². The van der Waals surface area contributed by atoms with Crippen molar-refractivity contribution in [1.82, 2.24) is 0 Å². The van der Waals surface area contributed by atoms with Gasteiger partial charge in [0.2, 0.25) is 6.29 Å². The van der Waals surface area contributed by atoms with Crippen molar-refractivity contribution in [2.75, 3.05) is 6.61 Å². The molecule has 3 rings (SSSR count). The molecule has 1 fully saturated rings. The van der Waals surface area contributed by atoms with Crippen molar-refractivity contribution in [1.29, 1.82) is 0 Å². The Labute approximate surface area is 144 Å². The molecule has 1 aromatic rings. The molecule has 0 radical (unpaired) electrons. The second kappa shape index (κ2) is 6.89. The molecule has 0 saturated carbocycles. The van der Waals surface area contributed by atoms with E-state index in [0.717, 1.165) is 11.1 Å². The predicted octanol–water partition coefficient (Wildman–Crippen LogP) is -0.725. The molecule has 2 aliphatic rings. The molecule has 0 bridgehead atoms. The maximum absolute atomic E-state index is 12.3. The quantitative estimate of drug-likeness (QED) is 0.524. The summed E-state index contributed by atoms with van der Waals surface area (Å²) in [5.74, 6) is -0.376. The van der Waals surface area contributed by atoms with Crippen LogP contribution in [-0.4, -0.2) is 69.8 Å². The first-order valence-electron chi connectivity index (χ1n) is 8.14. The summed E-state index contributed by atoms with van der Waals surface area (Å²) in [5, 5.41) is 39.0. The monoisotopic (exact) mass is 354 g/mol. The maximum Gasteiger partial charge on any atom is 0.342 e. The number of benzene rings is 1. The summed E-state index contributed by atoms with van der Waals surface area (Å²) in [4.78, 5) is 12.3. The van der Waals surface area contributed by atoms with Crippen LogP contribution in [0.4, 0.5) is 0 Å². The summed E-state index contributed by atoms with van der Waals surface area (Å²) in [6.07, 6.45) is -6.72. The van der Waals surface area contributed by atoms with Gasteiger partial charge >= 0.3 is 5.97 Å². The van der Waals surface area contributed by atoms with Gasteiger partial charge in [0.05, 0.1) is 6.61 Å². The van der Waals surface area contributed by atoms with Gasteiger partial charge in [-0.25, -0.2) is 4.79 Å². The normalized spacial score (nSPS) is 35.0. The Morgan fingerprint density at radius 1 is 1.20 bits per heavy atom. The van der Waals surface area contributed by atoms with Gasteiger partial charge in [0.1, 0.15) is 41.8 Å². The molecule has 138 valence electrons. The number of hydrogen-bond acceptors (Lipinski definition) is 8. The number of esters is 1. The zero-order chi connectivity index (χ0) is 18.3. The third-order valence-electron chi connectivity index (χ3n) is 4.60. The van der Waals surface area contributed by atoms with Crippen LogP contribution in [0.15, 0.2) is 12.1 Å². The van der Waals surface area contributed by atoms with E-state index in [2.05, 4.69) is 0 Å². The molecular formula is C17H22O8. The van der Waals surface area contributed by atoms with Crippen molar-refractivity contribution in [3.8, 4) is 5.75 Å². The van der Waals surface area contributed by atoms with E-state index in [1.165, 1.54) is 0 Å². The Bertz CT molecular complexity index is 658. The maximum atomic E-state index is 12.3. The van der Waals surface area contributed by atoms with Gasteiger partial charge in [-0.3, -0.25) is 0 Å². The first-order valence-corrected chi connectivity index (χ1v) is 8.14. The van der Waals surface area contributed by atoms with Crippen molar-refractivity contribution < 1.29 is 39.4 Å². The molecule has 1 unspecified atom stereocenters. The van der Waals surface area contributed by atoms with E-state index < -0.39 is 43.3 Å². The van der Waals surface area contributed by atoms with E-state index >= 15 is 0 Å². The molecule has 25 heavy (non-hydrogen) atoms. The molecule has 8 nitrogen and oxygen atoms in total. The smallest absolute Gasteiger partial charge is 0.342 e.